The van der Waals surface area contributed by atoms with Crippen molar-refractivity contribution in [2.45, 2.75) is 71.3 Å². The Labute approximate surface area is 274 Å². The Balaban J connectivity index is 1.17. The molecule has 2 aliphatic heterocycles. The van der Waals surface area contributed by atoms with Crippen LogP contribution in [0.1, 0.15) is 63.3 Å². The summed E-state index contributed by atoms with van der Waals surface area (Å²) in [4.78, 5) is 32.3. The Kier molecular flexibility index (Phi) is 11.5. The number of hydrogen-bond donors (Lipinski definition) is 2. The number of fused-ring (bicyclic) bond motifs is 1. The second-order valence-electron chi connectivity index (χ2n) is 13.6. The maximum atomic E-state index is 13.8. The van der Waals surface area contributed by atoms with E-state index in [9.17, 15) is 9.59 Å². The molecule has 0 saturated carbocycles. The number of benzene rings is 3. The minimum Gasteiger partial charge on any atom is -0.444 e. The van der Waals surface area contributed by atoms with Crippen LogP contribution >= 0.6 is 0 Å². The molecule has 0 aliphatic carbocycles. The van der Waals surface area contributed by atoms with Crippen LogP contribution in [-0.2, 0) is 22.6 Å². The van der Waals surface area contributed by atoms with Gasteiger partial charge in [-0.15, -0.1) is 0 Å². The van der Waals surface area contributed by atoms with Gasteiger partial charge in [-0.3, -0.25) is 4.90 Å². The highest BCUT2D eigenvalue weighted by molar-refractivity contribution is 5.86. The Morgan fingerprint density at radius 3 is 2.46 bits per heavy atom. The number of carbonyl (C=O) groups excluding carboxylic acids is 2. The molecule has 46 heavy (non-hydrogen) atoms. The summed E-state index contributed by atoms with van der Waals surface area (Å²) < 4.78 is 11.0. The third-order valence-electron chi connectivity index (χ3n) is 8.75. The molecule has 248 valence electrons. The van der Waals surface area contributed by atoms with Crippen molar-refractivity contribution in [2.24, 2.45) is 0 Å². The van der Waals surface area contributed by atoms with E-state index in [4.69, 9.17) is 9.47 Å². The molecule has 3 aromatic rings. The Hall–Kier alpha value is -3.66. The summed E-state index contributed by atoms with van der Waals surface area (Å²) in [5.74, 6) is 0. The first-order chi connectivity index (χ1) is 22.1. The fourth-order valence-electron chi connectivity index (χ4n) is 6.21. The van der Waals surface area contributed by atoms with Gasteiger partial charge in [-0.05, 0) is 68.0 Å². The molecule has 0 unspecified atom stereocenters. The highest BCUT2D eigenvalue weighted by Crippen LogP contribution is 2.24. The lowest BCUT2D eigenvalue weighted by Crippen LogP contribution is -2.43. The predicted octanol–water partition coefficient (Wildman–Crippen LogP) is 5.93. The van der Waals surface area contributed by atoms with E-state index in [0.717, 1.165) is 68.7 Å². The molecule has 2 atom stereocenters. The Morgan fingerprint density at radius 1 is 0.978 bits per heavy atom. The molecule has 3 amide bonds. The van der Waals surface area contributed by atoms with Crippen LogP contribution in [-0.4, -0.2) is 90.9 Å². The summed E-state index contributed by atoms with van der Waals surface area (Å²) in [6.07, 6.45) is 1.56. The number of hydrogen-bond acceptors (Lipinski definition) is 6. The smallest absolute Gasteiger partial charge is 0.410 e. The molecule has 2 aliphatic rings. The van der Waals surface area contributed by atoms with Gasteiger partial charge < -0.3 is 29.9 Å². The zero-order chi connectivity index (χ0) is 32.5. The maximum absolute atomic E-state index is 13.8. The molecule has 2 saturated heterocycles. The quantitative estimate of drug-likeness (QED) is 0.273. The van der Waals surface area contributed by atoms with Gasteiger partial charge in [0.05, 0.1) is 19.3 Å². The van der Waals surface area contributed by atoms with Gasteiger partial charge >= 0.3 is 12.1 Å². The topological polar surface area (TPSA) is 86.4 Å². The van der Waals surface area contributed by atoms with Crippen molar-refractivity contribution in [3.05, 3.63) is 83.4 Å². The molecule has 9 heteroatoms. The average molecular weight is 630 g/mol. The van der Waals surface area contributed by atoms with Gasteiger partial charge in [-0.25, -0.2) is 9.59 Å². The largest absolute Gasteiger partial charge is 0.444 e. The van der Waals surface area contributed by atoms with E-state index in [0.29, 0.717) is 26.2 Å². The van der Waals surface area contributed by atoms with Gasteiger partial charge in [0.2, 0.25) is 0 Å². The van der Waals surface area contributed by atoms with Crippen LogP contribution in [0.5, 0.6) is 0 Å². The van der Waals surface area contributed by atoms with Crippen molar-refractivity contribution >= 4 is 22.9 Å². The molecule has 0 spiro atoms. The summed E-state index contributed by atoms with van der Waals surface area (Å²) in [7, 11) is 0. The Bertz CT molecular complexity index is 1430. The second kappa shape index (κ2) is 15.8. The van der Waals surface area contributed by atoms with Gasteiger partial charge in [-0.1, -0.05) is 66.7 Å². The van der Waals surface area contributed by atoms with Crippen molar-refractivity contribution in [3.8, 4) is 0 Å². The zero-order valence-corrected chi connectivity index (χ0v) is 28.0. The summed E-state index contributed by atoms with van der Waals surface area (Å²) in [5, 5.41) is 9.22. The lowest BCUT2D eigenvalue weighted by molar-refractivity contribution is 0.0291. The first-order valence-electron chi connectivity index (χ1n) is 16.8. The molecular weight excluding hydrogens is 578 g/mol. The van der Waals surface area contributed by atoms with Crippen LogP contribution in [0.2, 0.25) is 0 Å². The summed E-state index contributed by atoms with van der Waals surface area (Å²) in [6, 6.07) is 23.1. The minimum atomic E-state index is -0.488. The number of nitrogens with one attached hydrogen (secondary N) is 2. The summed E-state index contributed by atoms with van der Waals surface area (Å²) >= 11 is 0. The van der Waals surface area contributed by atoms with Crippen LogP contribution < -0.4 is 10.6 Å². The lowest BCUT2D eigenvalue weighted by atomic mass is 10.00. The normalized spacial score (nSPS) is 18.0. The van der Waals surface area contributed by atoms with E-state index in [-0.39, 0.29) is 24.2 Å². The molecule has 3 aromatic carbocycles. The average Bonchev–Trinajstić information content (AvgIpc) is 3.53. The molecule has 2 N–H and O–H groups in total. The monoisotopic (exact) mass is 629 g/mol. The fourth-order valence-corrected chi connectivity index (χ4v) is 6.21. The van der Waals surface area contributed by atoms with Crippen LogP contribution in [0.25, 0.3) is 10.8 Å². The van der Waals surface area contributed by atoms with Crippen LogP contribution in [0.15, 0.2) is 66.7 Å². The van der Waals surface area contributed by atoms with Crippen molar-refractivity contribution in [1.29, 1.82) is 0 Å². The van der Waals surface area contributed by atoms with Crippen molar-refractivity contribution < 1.29 is 19.1 Å². The third-order valence-corrected chi connectivity index (χ3v) is 8.75. The second-order valence-corrected chi connectivity index (χ2v) is 13.6. The van der Waals surface area contributed by atoms with Crippen molar-refractivity contribution in [3.63, 3.8) is 0 Å². The summed E-state index contributed by atoms with van der Waals surface area (Å²) in [5.41, 5.74) is 2.90. The first kappa shape index (κ1) is 33.7. The molecule has 2 heterocycles. The number of rotatable bonds is 11. The van der Waals surface area contributed by atoms with Gasteiger partial charge in [0, 0.05) is 58.4 Å². The standard InChI is InChI=1S/C37H51N5O4/c1-28(33-12-7-10-31-9-5-6-11-34(31)33)39-35(43)41(19-8-18-40-21-23-45-24-22-40)26-30-15-13-29(14-16-30)25-38-32-17-20-42(27-32)36(44)46-37(2,3)4/h5-7,9-16,28,32,38H,8,17-27H2,1-4H3,(H,39,43)/t28-,32-/m0/s1. The van der Waals surface area contributed by atoms with Gasteiger partial charge in [0.1, 0.15) is 5.60 Å². The Morgan fingerprint density at radius 2 is 1.70 bits per heavy atom. The van der Waals surface area contributed by atoms with E-state index in [1.807, 2.05) is 37.8 Å². The maximum Gasteiger partial charge on any atom is 0.410 e. The molecule has 9 nitrogen and oxygen atoms in total. The van der Waals surface area contributed by atoms with E-state index < -0.39 is 5.60 Å². The van der Waals surface area contributed by atoms with E-state index in [1.54, 1.807) is 4.90 Å². The molecular formula is C37H51N5O4. The highest BCUT2D eigenvalue weighted by atomic mass is 16.6. The first-order valence-corrected chi connectivity index (χ1v) is 16.8. The van der Waals surface area contributed by atoms with E-state index in [2.05, 4.69) is 77.1 Å². The number of carbonyl (C=O) groups is 2. The molecule has 0 radical (unpaired) electrons. The molecule has 0 bridgehead atoms. The van der Waals surface area contributed by atoms with Gasteiger partial charge in [-0.2, -0.15) is 0 Å². The minimum absolute atomic E-state index is 0.0519. The van der Waals surface area contributed by atoms with Crippen LogP contribution in [0, 0.1) is 0 Å². The van der Waals surface area contributed by atoms with Crippen LogP contribution in [0.4, 0.5) is 9.59 Å². The SMILES string of the molecule is C[C@H](NC(=O)N(CCCN1CCOCC1)Cc1ccc(CN[C@H]2CCN(C(=O)OC(C)(C)C)C2)cc1)c1cccc2ccccc12. The van der Waals surface area contributed by atoms with Gasteiger partial charge in [0.25, 0.3) is 0 Å². The number of morpholine rings is 1. The predicted molar refractivity (Wildman–Crippen MR) is 183 cm³/mol. The number of likely N-dealkylation sites (tertiary alicyclic amines) is 1. The van der Waals surface area contributed by atoms with E-state index >= 15 is 0 Å². The van der Waals surface area contributed by atoms with Crippen molar-refractivity contribution in [1.82, 2.24) is 25.3 Å². The fraction of sp³-hybridized carbons (Fsp3) is 0.514. The highest BCUT2D eigenvalue weighted by Gasteiger charge is 2.29. The number of ether oxygens (including phenoxy) is 2. The third kappa shape index (κ3) is 9.67. The van der Waals surface area contributed by atoms with Crippen LogP contribution in [0.3, 0.4) is 0 Å². The zero-order valence-electron chi connectivity index (χ0n) is 28.0. The number of nitrogens with zero attached hydrogens (tertiary/aromatic N) is 3. The van der Waals surface area contributed by atoms with Crippen molar-refractivity contribution in [2.75, 3.05) is 52.5 Å². The van der Waals surface area contributed by atoms with Gasteiger partial charge in [0.15, 0.2) is 0 Å². The molecule has 2 fully saturated rings. The number of amides is 3. The molecule has 5 rings (SSSR count). The van der Waals surface area contributed by atoms with E-state index in [1.165, 1.54) is 10.9 Å². The lowest BCUT2D eigenvalue weighted by Gasteiger charge is -2.29. The number of urea groups is 1. The molecule has 0 aromatic heterocycles. The summed E-state index contributed by atoms with van der Waals surface area (Å²) in [6.45, 7) is 15.4.